The molecule has 0 unspecified atom stereocenters. The Hall–Kier alpha value is -3.77. The monoisotopic (exact) mass is 399 g/mol. The lowest BCUT2D eigenvalue weighted by molar-refractivity contribution is 0.457. The first-order valence-electron chi connectivity index (χ1n) is 8.90. The average molecular weight is 400 g/mol. The van der Waals surface area contributed by atoms with Crippen LogP contribution in [0.5, 0.6) is 5.88 Å². The van der Waals surface area contributed by atoms with E-state index in [1.54, 1.807) is 24.5 Å². The summed E-state index contributed by atoms with van der Waals surface area (Å²) in [7, 11) is 0. The van der Waals surface area contributed by atoms with Crippen LogP contribution in [0.2, 0.25) is 5.15 Å². The van der Waals surface area contributed by atoms with Gasteiger partial charge in [-0.3, -0.25) is 4.98 Å². The number of benzene rings is 1. The van der Waals surface area contributed by atoms with E-state index in [1.807, 2.05) is 48.6 Å². The number of hydrogen-bond donors (Lipinski definition) is 2. The van der Waals surface area contributed by atoms with E-state index in [-0.39, 0.29) is 5.88 Å². The van der Waals surface area contributed by atoms with Crippen molar-refractivity contribution in [3.05, 3.63) is 87.7 Å². The van der Waals surface area contributed by atoms with Crippen LogP contribution in [0.3, 0.4) is 0 Å². The molecule has 3 aromatic heterocycles. The molecule has 0 amide bonds. The number of rotatable bonds is 3. The topological polar surface area (TPSA) is 86.5 Å². The molecule has 0 radical (unpaired) electrons. The van der Waals surface area contributed by atoms with Gasteiger partial charge in [-0.15, -0.1) is 10.2 Å². The molecule has 0 spiro atoms. The molecule has 140 valence electrons. The van der Waals surface area contributed by atoms with E-state index >= 15 is 0 Å². The molecule has 7 heteroatoms. The van der Waals surface area contributed by atoms with Gasteiger partial charge in [-0.1, -0.05) is 23.7 Å². The number of aromatic hydroxyl groups is 1. The molecule has 0 atom stereocenters. The van der Waals surface area contributed by atoms with Gasteiger partial charge >= 0.3 is 0 Å². The van der Waals surface area contributed by atoms with Gasteiger partial charge in [0.2, 0.25) is 0 Å². The fourth-order valence-electron chi connectivity index (χ4n) is 3.22. The molecular weight excluding hydrogens is 386 g/mol. The largest absolute Gasteiger partial charge is 0.494 e. The third-order valence-electron chi connectivity index (χ3n) is 4.64. The van der Waals surface area contributed by atoms with Gasteiger partial charge in [0, 0.05) is 17.6 Å². The second-order valence-electron chi connectivity index (χ2n) is 6.54. The highest BCUT2D eigenvalue weighted by molar-refractivity contribution is 6.29. The quantitative estimate of drug-likeness (QED) is 0.509. The Morgan fingerprint density at radius 2 is 1.83 bits per heavy atom. The summed E-state index contributed by atoms with van der Waals surface area (Å²) < 4.78 is 0. The Labute approximate surface area is 170 Å². The second kappa shape index (κ2) is 7.00. The van der Waals surface area contributed by atoms with Crippen LogP contribution in [0.1, 0.15) is 11.1 Å². The Morgan fingerprint density at radius 1 is 0.966 bits per heavy atom. The van der Waals surface area contributed by atoms with Crippen molar-refractivity contribution >= 4 is 46.2 Å². The maximum Gasteiger partial charge on any atom is 0.198 e. The maximum atomic E-state index is 10.3. The van der Waals surface area contributed by atoms with Crippen LogP contribution in [-0.4, -0.2) is 20.1 Å². The number of aromatic amines is 1. The van der Waals surface area contributed by atoms with E-state index in [4.69, 9.17) is 11.6 Å². The van der Waals surface area contributed by atoms with Crippen LogP contribution in [0, 0.1) is 0 Å². The van der Waals surface area contributed by atoms with E-state index in [9.17, 15) is 5.11 Å². The number of nitrogens with zero attached hydrogens (tertiary/aromatic N) is 4. The molecule has 0 fully saturated rings. The highest BCUT2D eigenvalue weighted by atomic mass is 35.5. The van der Waals surface area contributed by atoms with E-state index < -0.39 is 0 Å². The highest BCUT2D eigenvalue weighted by Crippen LogP contribution is 2.27. The number of azo groups is 1. The van der Waals surface area contributed by atoms with Crippen molar-refractivity contribution in [2.24, 2.45) is 10.2 Å². The second-order valence-corrected chi connectivity index (χ2v) is 6.92. The van der Waals surface area contributed by atoms with Crippen molar-refractivity contribution in [1.82, 2.24) is 15.0 Å². The lowest BCUT2D eigenvalue weighted by Gasteiger charge is -1.95. The Balaban J connectivity index is 1.57. The summed E-state index contributed by atoms with van der Waals surface area (Å²) in [6, 6.07) is 13.2. The Bertz CT molecular complexity index is 1420. The Kier molecular flexibility index (Phi) is 4.18. The molecule has 4 aromatic rings. The molecule has 2 N–H and O–H groups in total. The zero-order valence-electron chi connectivity index (χ0n) is 15.0. The Morgan fingerprint density at radius 3 is 2.69 bits per heavy atom. The van der Waals surface area contributed by atoms with Crippen molar-refractivity contribution in [3.8, 4) is 5.88 Å². The molecule has 6 nitrogen and oxygen atoms in total. The first-order valence-corrected chi connectivity index (χ1v) is 9.28. The van der Waals surface area contributed by atoms with E-state index in [1.165, 1.54) is 0 Å². The summed E-state index contributed by atoms with van der Waals surface area (Å²) in [6.07, 6.45) is 9.26. The molecule has 1 aliphatic heterocycles. The van der Waals surface area contributed by atoms with Gasteiger partial charge in [0.1, 0.15) is 10.7 Å². The molecular formula is C22H14ClN5O. The van der Waals surface area contributed by atoms with E-state index in [2.05, 4.69) is 25.2 Å². The minimum atomic E-state index is 0.0458. The fraction of sp³-hybridized carbons (Fsp3) is 0. The first kappa shape index (κ1) is 17.3. The number of nitrogens with one attached hydrogen (secondary N) is 1. The summed E-state index contributed by atoms with van der Waals surface area (Å²) in [5, 5.41) is 21.0. The van der Waals surface area contributed by atoms with Gasteiger partial charge in [-0.25, -0.2) is 4.98 Å². The summed E-state index contributed by atoms with van der Waals surface area (Å²) in [5.41, 5.74) is 4.53. The van der Waals surface area contributed by atoms with Crippen molar-refractivity contribution in [2.45, 2.75) is 0 Å². The van der Waals surface area contributed by atoms with Gasteiger partial charge in [0.05, 0.1) is 22.5 Å². The normalized spacial score (nSPS) is 13.7. The molecule has 1 aromatic carbocycles. The van der Waals surface area contributed by atoms with Crippen LogP contribution < -0.4 is 10.4 Å². The minimum Gasteiger partial charge on any atom is -0.494 e. The minimum absolute atomic E-state index is 0.0458. The van der Waals surface area contributed by atoms with Crippen molar-refractivity contribution in [2.75, 3.05) is 0 Å². The van der Waals surface area contributed by atoms with Crippen LogP contribution >= 0.6 is 11.6 Å². The molecule has 0 aliphatic carbocycles. The van der Waals surface area contributed by atoms with Gasteiger partial charge in [0.15, 0.2) is 5.88 Å². The van der Waals surface area contributed by atoms with Gasteiger partial charge in [-0.2, -0.15) is 0 Å². The number of pyridine rings is 2. The number of halogens is 1. The van der Waals surface area contributed by atoms with Crippen LogP contribution in [0.4, 0.5) is 5.69 Å². The summed E-state index contributed by atoms with van der Waals surface area (Å²) >= 11 is 6.01. The predicted octanol–water partition coefficient (Wildman–Crippen LogP) is 4.06. The molecule has 1 aliphatic rings. The summed E-state index contributed by atoms with van der Waals surface area (Å²) in [4.78, 5) is 11.2. The van der Waals surface area contributed by atoms with Gasteiger partial charge in [-0.05, 0) is 59.3 Å². The molecule has 0 saturated carbocycles. The van der Waals surface area contributed by atoms with Crippen molar-refractivity contribution in [3.63, 3.8) is 0 Å². The van der Waals surface area contributed by atoms with E-state index in [0.717, 1.165) is 32.9 Å². The molecule has 0 saturated heterocycles. The lowest BCUT2D eigenvalue weighted by atomic mass is 10.1. The van der Waals surface area contributed by atoms with Crippen LogP contribution in [0.15, 0.2) is 71.2 Å². The number of H-pyrrole nitrogens is 1. The highest BCUT2D eigenvalue weighted by Gasteiger charge is 2.11. The first-order chi connectivity index (χ1) is 14.2. The van der Waals surface area contributed by atoms with Crippen molar-refractivity contribution in [1.29, 1.82) is 0 Å². The third-order valence-corrected chi connectivity index (χ3v) is 4.85. The number of aromatic nitrogens is 3. The zero-order chi connectivity index (χ0) is 19.8. The SMILES string of the molecule is Oc1[nH]c2ccc(Cl)nc2c1C=c1ccc2c(c1)N=NC=2/C=C/c1ccncc1. The maximum absolute atomic E-state index is 10.3. The van der Waals surface area contributed by atoms with Crippen molar-refractivity contribution < 1.29 is 5.11 Å². The zero-order valence-corrected chi connectivity index (χ0v) is 15.8. The third kappa shape index (κ3) is 3.30. The van der Waals surface area contributed by atoms with Crippen LogP contribution in [-0.2, 0) is 0 Å². The average Bonchev–Trinajstić information content (AvgIpc) is 3.28. The van der Waals surface area contributed by atoms with E-state index in [0.29, 0.717) is 16.2 Å². The lowest BCUT2D eigenvalue weighted by Crippen LogP contribution is -2.08. The predicted molar refractivity (Wildman–Crippen MR) is 113 cm³/mol. The fourth-order valence-corrected chi connectivity index (χ4v) is 3.37. The number of hydrogen-bond acceptors (Lipinski definition) is 5. The molecule has 4 heterocycles. The number of fused-ring (bicyclic) bond motifs is 2. The summed E-state index contributed by atoms with van der Waals surface area (Å²) in [5.74, 6) is 0.0458. The molecule has 29 heavy (non-hydrogen) atoms. The molecule has 5 rings (SSSR count). The van der Waals surface area contributed by atoms with Gasteiger partial charge in [0.25, 0.3) is 0 Å². The van der Waals surface area contributed by atoms with Gasteiger partial charge < -0.3 is 10.1 Å². The smallest absolute Gasteiger partial charge is 0.198 e. The standard InChI is InChI=1S/C22H14ClN5O/c23-20-6-5-18-21(26-20)16(22(29)25-18)11-14-1-3-15-17(27-28-19(15)12-14)4-2-13-7-9-24-10-8-13/h1-12,25,29H/b4-2+,14-11?. The van der Waals surface area contributed by atoms with Crippen LogP contribution in [0.25, 0.3) is 28.9 Å². The summed E-state index contributed by atoms with van der Waals surface area (Å²) in [6.45, 7) is 0. The molecule has 0 bridgehead atoms.